The average Bonchev–Trinajstić information content (AvgIpc) is 3.26. The van der Waals surface area contributed by atoms with Crippen molar-refractivity contribution in [3.8, 4) is 40.1 Å². The lowest BCUT2D eigenvalue weighted by Crippen LogP contribution is -2.27. The lowest BCUT2D eigenvalue weighted by molar-refractivity contribution is 0.168. The largest absolute Gasteiger partial charge is 0.508 e. The Morgan fingerprint density at radius 1 is 0.814 bits per heavy atom. The van der Waals surface area contributed by atoms with Crippen LogP contribution in [0.4, 0.5) is 0 Å². The van der Waals surface area contributed by atoms with Crippen LogP contribution in [0.3, 0.4) is 0 Å². The number of fused-ring (bicyclic) bond motifs is 4. The van der Waals surface area contributed by atoms with Gasteiger partial charge in [-0.2, -0.15) is 0 Å². The first-order valence-electron chi connectivity index (χ1n) is 15.0. The number of aliphatic hydroxyl groups excluding tert-OH is 1. The maximum Gasteiger partial charge on any atom is 0.196 e. The molecule has 0 fully saturated rings. The van der Waals surface area contributed by atoms with Crippen LogP contribution >= 0.6 is 0 Å². The smallest absolute Gasteiger partial charge is 0.196 e. The number of ether oxygens (including phenoxy) is 2. The summed E-state index contributed by atoms with van der Waals surface area (Å²) in [4.78, 5) is 13.9. The van der Waals surface area contributed by atoms with Crippen molar-refractivity contribution in [1.29, 1.82) is 0 Å². The number of hydrogen-bond acceptors (Lipinski definition) is 8. The minimum absolute atomic E-state index is 0.0101. The fourth-order valence-electron chi connectivity index (χ4n) is 7.08. The summed E-state index contributed by atoms with van der Waals surface area (Å²) in [5.74, 6) is 0.439. The van der Waals surface area contributed by atoms with Crippen molar-refractivity contribution in [3.05, 3.63) is 60.8 Å². The van der Waals surface area contributed by atoms with E-state index in [1.807, 2.05) is 48.5 Å². The molecule has 8 heteroatoms. The number of benzene rings is 3. The molecule has 3 heterocycles. The van der Waals surface area contributed by atoms with E-state index in [-0.39, 0.29) is 70.4 Å². The first-order valence-corrected chi connectivity index (χ1v) is 15.0. The van der Waals surface area contributed by atoms with Crippen molar-refractivity contribution < 1.29 is 34.3 Å². The molecule has 4 N–H and O–H groups in total. The summed E-state index contributed by atoms with van der Waals surface area (Å²) in [6, 6.07) is 1.56. The Balaban J connectivity index is 1.71. The molecule has 0 aromatic heterocycles. The zero-order valence-electron chi connectivity index (χ0n) is 26.2. The highest BCUT2D eigenvalue weighted by molar-refractivity contribution is 6.00. The molecule has 4 aliphatic rings. The Bertz CT molecular complexity index is 1850. The van der Waals surface area contributed by atoms with Crippen LogP contribution in [0.25, 0.3) is 22.3 Å². The monoisotopic (exact) mass is 588 g/mol. The van der Waals surface area contributed by atoms with Gasteiger partial charge >= 0.3 is 0 Å². The van der Waals surface area contributed by atoms with Crippen LogP contribution in [-0.4, -0.2) is 38.7 Å². The van der Waals surface area contributed by atoms with Gasteiger partial charge in [0.05, 0.1) is 11.5 Å². The van der Waals surface area contributed by atoms with Crippen LogP contribution in [0.5, 0.6) is 28.7 Å². The lowest BCUT2D eigenvalue weighted by Gasteiger charge is -2.33. The molecule has 0 saturated heterocycles. The fourth-order valence-corrected chi connectivity index (χ4v) is 7.08. The molecule has 43 heavy (non-hydrogen) atoms. The number of aromatic hydroxyl groups is 3. The summed E-state index contributed by atoms with van der Waals surface area (Å²) in [7, 11) is 0. The van der Waals surface area contributed by atoms with E-state index in [1.54, 1.807) is 19.9 Å². The van der Waals surface area contributed by atoms with Gasteiger partial charge in [0, 0.05) is 46.4 Å². The molecule has 0 radical (unpaired) electrons. The summed E-state index contributed by atoms with van der Waals surface area (Å²) >= 11 is 0. The Morgan fingerprint density at radius 2 is 1.40 bits per heavy atom. The quantitative estimate of drug-likeness (QED) is 0.192. The summed E-state index contributed by atoms with van der Waals surface area (Å²) in [6.45, 7) is 16.8. The van der Waals surface area contributed by atoms with Crippen molar-refractivity contribution in [2.45, 2.75) is 105 Å². The highest BCUT2D eigenvalue weighted by Crippen LogP contribution is 2.56. The van der Waals surface area contributed by atoms with E-state index in [2.05, 4.69) is 0 Å². The van der Waals surface area contributed by atoms with Gasteiger partial charge in [0.2, 0.25) is 0 Å². The van der Waals surface area contributed by atoms with Gasteiger partial charge in [-0.25, -0.2) is 0 Å². The third kappa shape index (κ3) is 3.95. The first kappa shape index (κ1) is 29.2. The molecule has 0 saturated carbocycles. The molecular formula is C35H40O8. The Kier molecular flexibility index (Phi) is 6.65. The second-order valence-electron chi connectivity index (χ2n) is 12.8. The van der Waals surface area contributed by atoms with Crippen molar-refractivity contribution in [2.24, 2.45) is 0 Å². The van der Waals surface area contributed by atoms with Gasteiger partial charge in [-0.05, 0) is 69.9 Å². The maximum atomic E-state index is 13.9. The molecule has 2 aromatic carbocycles. The molecule has 0 bridgehead atoms. The zero-order valence-corrected chi connectivity index (χ0v) is 26.2. The van der Waals surface area contributed by atoms with Gasteiger partial charge < -0.3 is 34.3 Å². The number of hydrogen-bond donors (Lipinski definition) is 4. The Hall–Kier alpha value is -3.91. The molecule has 0 amide bonds. The fraction of sp³-hybridized carbons (Fsp3) is 0.457. The standard InChI is InChI=1S/C35H40O8/c1-12(18(7)36)21-11-24(37)22(29(38)15(21)4)10-23-30(39)16(5)25-13(2)19(8)41-33-27(25)32(23)43-35-28(33)31(40)17(6)26-14(3)20(9)42-34(26)35/h11-14,18-20,36-39H,10H2,1-9H3/t12-,13-,14-,18-,19-,20-/m1/s1. The minimum Gasteiger partial charge on any atom is -0.508 e. The molecule has 8 nitrogen and oxygen atoms in total. The van der Waals surface area contributed by atoms with E-state index >= 15 is 0 Å². The SMILES string of the molecule is Cc1c([C@H](C)[C@@H](C)O)cc(O)c(Cc2c(O)c(C)c3c4c(c5c(=O)c(C)c6c(c-5oc24)O[C@H](C)[C@H]6C)O[C@H](C)[C@H]3C)c1O. The highest BCUT2D eigenvalue weighted by Gasteiger charge is 2.41. The van der Waals surface area contributed by atoms with Gasteiger partial charge in [-0.15, -0.1) is 0 Å². The Labute approximate surface area is 250 Å². The average molecular weight is 589 g/mol. The topological polar surface area (TPSA) is 130 Å². The number of phenols is 3. The second kappa shape index (κ2) is 9.81. The second-order valence-corrected chi connectivity index (χ2v) is 12.8. The maximum absolute atomic E-state index is 13.9. The van der Waals surface area contributed by atoms with Crippen LogP contribution in [0, 0.1) is 20.8 Å². The van der Waals surface area contributed by atoms with Crippen LogP contribution in [-0.2, 0) is 6.42 Å². The summed E-state index contributed by atoms with van der Waals surface area (Å²) in [5.41, 5.74) is 5.08. The number of aliphatic hydroxyl groups is 1. The zero-order chi connectivity index (χ0) is 31.4. The van der Waals surface area contributed by atoms with E-state index in [9.17, 15) is 25.2 Å². The van der Waals surface area contributed by atoms with Gasteiger partial charge in [-0.1, -0.05) is 20.8 Å². The van der Waals surface area contributed by atoms with E-state index in [1.165, 1.54) is 0 Å². The summed E-state index contributed by atoms with van der Waals surface area (Å²) in [5, 5.41) is 44.9. The predicted octanol–water partition coefficient (Wildman–Crippen LogP) is 6.78. The predicted molar refractivity (Wildman–Crippen MR) is 165 cm³/mol. The van der Waals surface area contributed by atoms with Crippen LogP contribution in [0.1, 0.15) is 104 Å². The van der Waals surface area contributed by atoms with Crippen molar-refractivity contribution >= 4 is 11.0 Å². The molecule has 0 unspecified atom stereocenters. The molecule has 6 rings (SSSR count). The van der Waals surface area contributed by atoms with Crippen LogP contribution in [0.2, 0.25) is 0 Å². The van der Waals surface area contributed by atoms with Gasteiger partial charge in [-0.3, -0.25) is 4.79 Å². The van der Waals surface area contributed by atoms with E-state index in [4.69, 9.17) is 13.9 Å². The lowest BCUT2D eigenvalue weighted by atomic mass is 9.81. The minimum atomic E-state index is -0.684. The van der Waals surface area contributed by atoms with Crippen LogP contribution < -0.4 is 14.9 Å². The molecule has 6 atom stereocenters. The van der Waals surface area contributed by atoms with Gasteiger partial charge in [0.25, 0.3) is 0 Å². The molecular weight excluding hydrogens is 548 g/mol. The summed E-state index contributed by atoms with van der Waals surface area (Å²) in [6.07, 6.45) is -1.19. The molecule has 1 aliphatic carbocycles. The van der Waals surface area contributed by atoms with Crippen molar-refractivity contribution in [1.82, 2.24) is 0 Å². The number of phenolic OH excluding ortho intramolecular Hbond substituents is 3. The van der Waals surface area contributed by atoms with Gasteiger partial charge in [0.1, 0.15) is 46.4 Å². The van der Waals surface area contributed by atoms with E-state index < -0.39 is 6.10 Å². The molecule has 0 spiro atoms. The van der Waals surface area contributed by atoms with E-state index in [0.29, 0.717) is 55.8 Å². The third-order valence-corrected chi connectivity index (χ3v) is 10.3. The number of rotatable bonds is 4. The Morgan fingerprint density at radius 3 is 2.02 bits per heavy atom. The first-order chi connectivity index (χ1) is 20.2. The highest BCUT2D eigenvalue weighted by atomic mass is 16.5. The van der Waals surface area contributed by atoms with E-state index in [0.717, 1.165) is 11.1 Å². The summed E-state index contributed by atoms with van der Waals surface area (Å²) < 4.78 is 19.4. The molecule has 3 aliphatic heterocycles. The van der Waals surface area contributed by atoms with Crippen molar-refractivity contribution in [3.63, 3.8) is 0 Å². The van der Waals surface area contributed by atoms with Crippen LogP contribution in [0.15, 0.2) is 15.3 Å². The van der Waals surface area contributed by atoms with Gasteiger partial charge in [0.15, 0.2) is 16.9 Å². The van der Waals surface area contributed by atoms with Crippen molar-refractivity contribution in [2.75, 3.05) is 0 Å². The normalized spacial score (nSPS) is 22.4. The third-order valence-electron chi connectivity index (χ3n) is 10.3. The molecule has 2 aromatic rings. The molecule has 228 valence electrons.